The predicted molar refractivity (Wildman–Crippen MR) is 99.0 cm³/mol. The van der Waals surface area contributed by atoms with Gasteiger partial charge in [-0.2, -0.15) is 0 Å². The van der Waals surface area contributed by atoms with E-state index in [0.717, 1.165) is 5.56 Å². The largest absolute Gasteiger partial charge is 0.482 e. The molecule has 134 valence electrons. The fourth-order valence-electron chi connectivity index (χ4n) is 2.97. The van der Waals surface area contributed by atoms with Gasteiger partial charge in [0.25, 0.3) is 11.5 Å². The summed E-state index contributed by atoms with van der Waals surface area (Å²) in [7, 11) is 0. The second-order valence-electron chi connectivity index (χ2n) is 6.26. The van der Waals surface area contributed by atoms with Crippen molar-refractivity contribution in [3.63, 3.8) is 0 Å². The van der Waals surface area contributed by atoms with E-state index in [9.17, 15) is 14.4 Å². The van der Waals surface area contributed by atoms with Crippen LogP contribution < -0.4 is 15.2 Å². The quantitative estimate of drug-likeness (QED) is 0.612. The van der Waals surface area contributed by atoms with Gasteiger partial charge in [0, 0.05) is 24.4 Å². The molecule has 1 atom stereocenters. The van der Waals surface area contributed by atoms with E-state index < -0.39 is 6.04 Å². The van der Waals surface area contributed by atoms with Crippen molar-refractivity contribution in [1.82, 2.24) is 4.57 Å². The number of benzene rings is 1. The molecule has 0 bridgehead atoms. The number of hydrogen-bond acceptors (Lipinski definition) is 4. The van der Waals surface area contributed by atoms with Crippen molar-refractivity contribution < 1.29 is 14.3 Å². The highest BCUT2D eigenvalue weighted by molar-refractivity contribution is 6.03. The van der Waals surface area contributed by atoms with E-state index in [0.29, 0.717) is 23.5 Å². The molecule has 1 unspecified atom stereocenters. The highest BCUT2D eigenvalue weighted by Gasteiger charge is 2.27. The van der Waals surface area contributed by atoms with Crippen molar-refractivity contribution in [3.05, 3.63) is 70.7 Å². The number of ketones is 1. The van der Waals surface area contributed by atoms with E-state index in [1.165, 1.54) is 15.5 Å². The molecule has 2 heterocycles. The van der Waals surface area contributed by atoms with Gasteiger partial charge in [-0.25, -0.2) is 0 Å². The molecule has 1 amide bonds. The molecule has 0 saturated carbocycles. The summed E-state index contributed by atoms with van der Waals surface area (Å²) < 4.78 is 6.85. The Balaban J connectivity index is 1.98. The maximum absolute atomic E-state index is 12.9. The minimum absolute atomic E-state index is 0.0385. The number of pyridine rings is 1. The van der Waals surface area contributed by atoms with Gasteiger partial charge in [-0.15, -0.1) is 6.58 Å². The Hall–Kier alpha value is -3.15. The number of amides is 1. The first-order chi connectivity index (χ1) is 12.4. The second-order valence-corrected chi connectivity index (χ2v) is 6.26. The zero-order chi connectivity index (χ0) is 18.8. The van der Waals surface area contributed by atoms with Crippen molar-refractivity contribution in [2.45, 2.75) is 19.9 Å². The number of ether oxygens (including phenoxy) is 1. The monoisotopic (exact) mass is 352 g/mol. The standard InChI is InChI=1S/C20H20N2O4/c1-4-9-21-16-10-15(6-7-17(16)26-12-19(21)24)20(25)14(3)22-11-13(2)5-8-18(22)23/h4-8,10-11,14H,1,9,12H2,2-3H3. The van der Waals surface area contributed by atoms with E-state index in [2.05, 4.69) is 6.58 Å². The van der Waals surface area contributed by atoms with Crippen molar-refractivity contribution in [2.75, 3.05) is 18.1 Å². The third-order valence-corrected chi connectivity index (χ3v) is 4.38. The molecule has 6 nitrogen and oxygen atoms in total. The molecule has 0 radical (unpaired) electrons. The Bertz CT molecular complexity index is 945. The molecular weight excluding hydrogens is 332 g/mol. The van der Waals surface area contributed by atoms with E-state index in [1.807, 2.05) is 6.92 Å². The molecule has 1 aliphatic rings. The number of fused-ring (bicyclic) bond motifs is 1. The van der Waals surface area contributed by atoms with Crippen LogP contribution in [0.5, 0.6) is 5.75 Å². The number of carbonyl (C=O) groups is 2. The zero-order valence-corrected chi connectivity index (χ0v) is 14.8. The van der Waals surface area contributed by atoms with E-state index in [-0.39, 0.29) is 23.9 Å². The molecule has 6 heteroatoms. The van der Waals surface area contributed by atoms with Gasteiger partial charge in [-0.3, -0.25) is 14.4 Å². The molecule has 0 N–H and O–H groups in total. The van der Waals surface area contributed by atoms with E-state index in [4.69, 9.17) is 4.74 Å². The van der Waals surface area contributed by atoms with Gasteiger partial charge in [0.1, 0.15) is 5.75 Å². The normalized spacial score (nSPS) is 14.4. The van der Waals surface area contributed by atoms with Crippen LogP contribution in [0, 0.1) is 6.92 Å². The van der Waals surface area contributed by atoms with Crippen molar-refractivity contribution in [2.24, 2.45) is 0 Å². The number of aromatic nitrogens is 1. The lowest BCUT2D eigenvalue weighted by atomic mass is 10.0. The lowest BCUT2D eigenvalue weighted by Gasteiger charge is -2.29. The number of Topliss-reactive ketones (excluding diaryl/α,β-unsaturated/α-hetero) is 1. The highest BCUT2D eigenvalue weighted by atomic mass is 16.5. The van der Waals surface area contributed by atoms with Crippen LogP contribution in [0.2, 0.25) is 0 Å². The maximum atomic E-state index is 12.9. The van der Waals surface area contributed by atoms with Crippen molar-refractivity contribution >= 4 is 17.4 Å². The molecule has 2 aromatic rings. The van der Waals surface area contributed by atoms with Crippen LogP contribution in [0.3, 0.4) is 0 Å². The summed E-state index contributed by atoms with van der Waals surface area (Å²) in [6.07, 6.45) is 3.29. The van der Waals surface area contributed by atoms with Gasteiger partial charge >= 0.3 is 0 Å². The Morgan fingerprint density at radius 2 is 2.08 bits per heavy atom. The Labute approximate surface area is 151 Å². The topological polar surface area (TPSA) is 68.6 Å². The molecule has 0 fully saturated rings. The van der Waals surface area contributed by atoms with Gasteiger partial charge in [-0.05, 0) is 37.6 Å². The first-order valence-electron chi connectivity index (χ1n) is 8.33. The molecule has 0 saturated heterocycles. The van der Waals surface area contributed by atoms with Crippen molar-refractivity contribution in [1.29, 1.82) is 0 Å². The molecule has 0 aliphatic carbocycles. The molecular formula is C20H20N2O4. The summed E-state index contributed by atoms with van der Waals surface area (Å²) in [5.41, 5.74) is 1.61. The van der Waals surface area contributed by atoms with Gasteiger partial charge in [-0.1, -0.05) is 12.1 Å². The van der Waals surface area contributed by atoms with Gasteiger partial charge < -0.3 is 14.2 Å². The smallest absolute Gasteiger partial charge is 0.265 e. The number of carbonyl (C=O) groups excluding carboxylic acids is 2. The van der Waals surface area contributed by atoms with Crippen LogP contribution in [0.15, 0.2) is 54.0 Å². The molecule has 26 heavy (non-hydrogen) atoms. The van der Waals surface area contributed by atoms with Gasteiger partial charge in [0.15, 0.2) is 12.4 Å². The van der Waals surface area contributed by atoms with Crippen LogP contribution in [-0.2, 0) is 4.79 Å². The van der Waals surface area contributed by atoms with Crippen LogP contribution in [0.4, 0.5) is 5.69 Å². The van der Waals surface area contributed by atoms with Crippen molar-refractivity contribution in [3.8, 4) is 5.75 Å². The lowest BCUT2D eigenvalue weighted by Crippen LogP contribution is -2.39. The number of nitrogens with zero attached hydrogens (tertiary/aromatic N) is 2. The minimum atomic E-state index is -0.659. The summed E-state index contributed by atoms with van der Waals surface area (Å²) in [5.74, 6) is 0.144. The number of aryl methyl sites for hydroxylation is 1. The fraction of sp³-hybridized carbons (Fsp3) is 0.250. The summed E-state index contributed by atoms with van der Waals surface area (Å²) >= 11 is 0. The summed E-state index contributed by atoms with van der Waals surface area (Å²) in [5, 5.41) is 0. The molecule has 3 rings (SSSR count). The molecule has 1 aromatic carbocycles. The maximum Gasteiger partial charge on any atom is 0.265 e. The third kappa shape index (κ3) is 3.18. The number of hydrogen-bond donors (Lipinski definition) is 0. The first kappa shape index (κ1) is 17.7. The number of anilines is 1. The van der Waals surface area contributed by atoms with Crippen LogP contribution >= 0.6 is 0 Å². The van der Waals surface area contributed by atoms with Crippen LogP contribution in [0.1, 0.15) is 28.9 Å². The Kier molecular flexibility index (Phi) is 4.75. The van der Waals surface area contributed by atoms with E-state index in [1.54, 1.807) is 43.5 Å². The van der Waals surface area contributed by atoms with Crippen LogP contribution in [0.25, 0.3) is 0 Å². The Morgan fingerprint density at radius 3 is 2.81 bits per heavy atom. The SMILES string of the molecule is C=CCN1C(=O)COc2ccc(C(=O)C(C)n3cc(C)ccc3=O)cc21. The molecule has 0 spiro atoms. The van der Waals surface area contributed by atoms with Gasteiger partial charge in [0.2, 0.25) is 0 Å². The number of rotatable bonds is 5. The fourth-order valence-corrected chi connectivity index (χ4v) is 2.97. The second kappa shape index (κ2) is 7.00. The predicted octanol–water partition coefficient (Wildman–Crippen LogP) is 2.51. The molecule has 1 aliphatic heterocycles. The zero-order valence-electron chi connectivity index (χ0n) is 14.8. The van der Waals surface area contributed by atoms with E-state index >= 15 is 0 Å². The van der Waals surface area contributed by atoms with Gasteiger partial charge in [0.05, 0.1) is 11.7 Å². The average Bonchev–Trinajstić information content (AvgIpc) is 2.64. The Morgan fingerprint density at radius 1 is 1.31 bits per heavy atom. The van der Waals surface area contributed by atoms with Crippen LogP contribution in [-0.4, -0.2) is 29.4 Å². The summed E-state index contributed by atoms with van der Waals surface area (Å²) in [6, 6.07) is 7.47. The summed E-state index contributed by atoms with van der Waals surface area (Å²) in [4.78, 5) is 38.6. The minimum Gasteiger partial charge on any atom is -0.482 e. The lowest BCUT2D eigenvalue weighted by molar-refractivity contribution is -0.121. The average molecular weight is 352 g/mol. The highest BCUT2D eigenvalue weighted by Crippen LogP contribution is 2.33. The summed E-state index contributed by atoms with van der Waals surface area (Å²) in [6.45, 7) is 7.51. The molecule has 1 aromatic heterocycles. The first-order valence-corrected chi connectivity index (χ1v) is 8.33. The third-order valence-electron chi connectivity index (χ3n) is 4.38.